The first-order valence-corrected chi connectivity index (χ1v) is 10.7. The second-order valence-corrected chi connectivity index (χ2v) is 7.92. The summed E-state index contributed by atoms with van der Waals surface area (Å²) in [6, 6.07) is 13.4. The van der Waals surface area contributed by atoms with Crippen molar-refractivity contribution >= 4 is 17.4 Å². The highest BCUT2D eigenvalue weighted by molar-refractivity contribution is 6.46. The van der Waals surface area contributed by atoms with E-state index in [1.807, 2.05) is 38.1 Å². The number of hydrogen-bond acceptors (Lipinski definition) is 6. The van der Waals surface area contributed by atoms with Gasteiger partial charge < -0.3 is 24.4 Å². The molecule has 1 heterocycles. The maximum atomic E-state index is 13.0. The van der Waals surface area contributed by atoms with E-state index in [0.717, 1.165) is 6.42 Å². The maximum absolute atomic E-state index is 13.0. The van der Waals surface area contributed by atoms with Crippen molar-refractivity contribution in [1.82, 2.24) is 9.80 Å². The van der Waals surface area contributed by atoms with Gasteiger partial charge in [0.05, 0.1) is 25.3 Å². The lowest BCUT2D eigenvalue weighted by Gasteiger charge is -2.27. The summed E-state index contributed by atoms with van der Waals surface area (Å²) in [6.07, 6.45) is 0.854. The van der Waals surface area contributed by atoms with Crippen LogP contribution in [0, 0.1) is 0 Å². The molecule has 3 rings (SSSR count). The first-order valence-electron chi connectivity index (χ1n) is 10.7. The van der Waals surface area contributed by atoms with Gasteiger partial charge in [0.2, 0.25) is 0 Å². The molecule has 1 unspecified atom stereocenters. The molecule has 7 nitrogen and oxygen atoms in total. The highest BCUT2D eigenvalue weighted by atomic mass is 16.5. The molecule has 0 saturated carbocycles. The number of ketones is 1. The molecule has 0 aromatic heterocycles. The molecule has 0 bridgehead atoms. The fraction of sp³-hybridized carbons (Fsp3) is 0.360. The van der Waals surface area contributed by atoms with Gasteiger partial charge in [0, 0.05) is 18.7 Å². The zero-order valence-electron chi connectivity index (χ0n) is 19.0. The van der Waals surface area contributed by atoms with Gasteiger partial charge in [-0.2, -0.15) is 0 Å². The number of hydrogen-bond donors (Lipinski definition) is 1. The van der Waals surface area contributed by atoms with Gasteiger partial charge in [0.1, 0.15) is 5.76 Å². The molecule has 0 aliphatic carbocycles. The van der Waals surface area contributed by atoms with Crippen LogP contribution in [0.15, 0.2) is 54.1 Å². The van der Waals surface area contributed by atoms with Gasteiger partial charge in [0.15, 0.2) is 11.5 Å². The summed E-state index contributed by atoms with van der Waals surface area (Å²) in [5.74, 6) is -0.410. The third kappa shape index (κ3) is 4.78. The molecule has 0 radical (unpaired) electrons. The third-order valence-electron chi connectivity index (χ3n) is 5.34. The first kappa shape index (κ1) is 23.3. The number of likely N-dealkylation sites (N-methyl/N-ethyl adjacent to an activating group) is 1. The Morgan fingerprint density at radius 1 is 1.09 bits per heavy atom. The number of aliphatic hydroxyl groups is 1. The second kappa shape index (κ2) is 10.3. The van der Waals surface area contributed by atoms with Gasteiger partial charge in [-0.3, -0.25) is 9.59 Å². The Kier molecular flexibility index (Phi) is 7.53. The minimum Gasteiger partial charge on any atom is -0.507 e. The monoisotopic (exact) mass is 438 g/mol. The zero-order chi connectivity index (χ0) is 23.3. The number of rotatable bonds is 9. The molecule has 170 valence electrons. The standard InChI is InChI=1S/C25H30N2O5/c1-5-15-32-19-12-11-18(16-20(19)31-4)22-21(23(28)17-9-7-6-8-10-17)24(29)25(30)27(22)14-13-26(2)3/h6-12,16,22,28H,5,13-15H2,1-4H3/b23-21+. The molecule has 0 spiro atoms. The lowest BCUT2D eigenvalue weighted by Crippen LogP contribution is -2.35. The lowest BCUT2D eigenvalue weighted by molar-refractivity contribution is -0.140. The van der Waals surface area contributed by atoms with Gasteiger partial charge in [-0.05, 0) is 38.2 Å². The summed E-state index contributed by atoms with van der Waals surface area (Å²) in [7, 11) is 5.35. The van der Waals surface area contributed by atoms with Crippen LogP contribution in [0.4, 0.5) is 0 Å². The Labute approximate surface area is 188 Å². The Morgan fingerprint density at radius 2 is 1.81 bits per heavy atom. The normalized spacial score (nSPS) is 17.8. The summed E-state index contributed by atoms with van der Waals surface area (Å²) in [5, 5.41) is 11.0. The number of aliphatic hydroxyl groups excluding tert-OH is 1. The molecular formula is C25H30N2O5. The van der Waals surface area contributed by atoms with E-state index in [-0.39, 0.29) is 11.3 Å². The number of amides is 1. The van der Waals surface area contributed by atoms with Crippen molar-refractivity contribution in [2.24, 2.45) is 0 Å². The number of benzene rings is 2. The van der Waals surface area contributed by atoms with E-state index < -0.39 is 17.7 Å². The SMILES string of the molecule is CCCOc1ccc(C2/C(=C(\O)c3ccccc3)C(=O)C(=O)N2CCN(C)C)cc1OC. The largest absolute Gasteiger partial charge is 0.507 e. The van der Waals surface area contributed by atoms with Crippen LogP contribution in [0.1, 0.15) is 30.5 Å². The highest BCUT2D eigenvalue weighted by Crippen LogP contribution is 2.41. The zero-order valence-corrected chi connectivity index (χ0v) is 19.0. The van der Waals surface area contributed by atoms with E-state index >= 15 is 0 Å². The van der Waals surface area contributed by atoms with Gasteiger partial charge in [-0.15, -0.1) is 0 Å². The molecule has 32 heavy (non-hydrogen) atoms. The number of ether oxygens (including phenoxy) is 2. The molecule has 1 saturated heterocycles. The summed E-state index contributed by atoms with van der Waals surface area (Å²) in [6.45, 7) is 3.47. The lowest BCUT2D eigenvalue weighted by atomic mass is 9.95. The van der Waals surface area contributed by atoms with E-state index in [1.165, 1.54) is 4.90 Å². The van der Waals surface area contributed by atoms with Crippen molar-refractivity contribution in [1.29, 1.82) is 0 Å². The van der Waals surface area contributed by atoms with E-state index in [1.54, 1.807) is 43.5 Å². The number of carbonyl (C=O) groups excluding carboxylic acids is 2. The molecule has 2 aromatic rings. The van der Waals surface area contributed by atoms with Crippen molar-refractivity contribution in [2.75, 3.05) is 40.9 Å². The van der Waals surface area contributed by atoms with Crippen LogP contribution in [-0.4, -0.2) is 67.5 Å². The number of carbonyl (C=O) groups is 2. The van der Waals surface area contributed by atoms with Crippen LogP contribution in [0.25, 0.3) is 5.76 Å². The van der Waals surface area contributed by atoms with E-state index in [9.17, 15) is 14.7 Å². The molecule has 1 fully saturated rings. The molecule has 2 aromatic carbocycles. The van der Waals surface area contributed by atoms with Crippen LogP contribution >= 0.6 is 0 Å². The Bertz CT molecular complexity index is 1000. The fourth-order valence-corrected chi connectivity index (χ4v) is 3.70. The Morgan fingerprint density at radius 3 is 2.44 bits per heavy atom. The van der Waals surface area contributed by atoms with Gasteiger partial charge in [-0.25, -0.2) is 0 Å². The van der Waals surface area contributed by atoms with E-state index in [4.69, 9.17) is 9.47 Å². The molecule has 1 atom stereocenters. The van der Waals surface area contributed by atoms with Crippen molar-refractivity contribution in [3.8, 4) is 11.5 Å². The first-order chi connectivity index (χ1) is 15.4. The molecule has 7 heteroatoms. The van der Waals surface area contributed by atoms with Gasteiger partial charge in [0.25, 0.3) is 11.7 Å². The molecular weight excluding hydrogens is 408 g/mol. The Hall–Kier alpha value is -3.32. The highest BCUT2D eigenvalue weighted by Gasteiger charge is 2.46. The smallest absolute Gasteiger partial charge is 0.295 e. The van der Waals surface area contributed by atoms with E-state index in [0.29, 0.717) is 42.3 Å². The van der Waals surface area contributed by atoms with Crippen molar-refractivity contribution in [2.45, 2.75) is 19.4 Å². The number of methoxy groups -OCH3 is 1. The summed E-state index contributed by atoms with van der Waals surface area (Å²) >= 11 is 0. The topological polar surface area (TPSA) is 79.3 Å². The fourth-order valence-electron chi connectivity index (χ4n) is 3.70. The average Bonchev–Trinajstić information content (AvgIpc) is 3.06. The molecule has 1 aliphatic rings. The number of nitrogens with zero attached hydrogens (tertiary/aromatic N) is 2. The van der Waals surface area contributed by atoms with Crippen LogP contribution < -0.4 is 9.47 Å². The summed E-state index contributed by atoms with van der Waals surface area (Å²) in [4.78, 5) is 29.5. The van der Waals surface area contributed by atoms with E-state index in [2.05, 4.69) is 0 Å². The van der Waals surface area contributed by atoms with Crippen LogP contribution in [-0.2, 0) is 9.59 Å². The Balaban J connectivity index is 2.13. The minimum absolute atomic E-state index is 0.0734. The molecule has 1 aliphatic heterocycles. The predicted molar refractivity (Wildman–Crippen MR) is 123 cm³/mol. The maximum Gasteiger partial charge on any atom is 0.295 e. The molecule has 1 N–H and O–H groups in total. The summed E-state index contributed by atoms with van der Waals surface area (Å²) < 4.78 is 11.3. The van der Waals surface area contributed by atoms with Crippen molar-refractivity contribution < 1.29 is 24.2 Å². The second-order valence-electron chi connectivity index (χ2n) is 7.92. The van der Waals surface area contributed by atoms with Crippen molar-refractivity contribution in [3.05, 3.63) is 65.2 Å². The average molecular weight is 439 g/mol. The number of Topliss-reactive ketones (excluding diaryl/α,β-unsaturated/α-hetero) is 1. The van der Waals surface area contributed by atoms with Gasteiger partial charge in [-0.1, -0.05) is 43.3 Å². The van der Waals surface area contributed by atoms with Crippen LogP contribution in [0.2, 0.25) is 0 Å². The third-order valence-corrected chi connectivity index (χ3v) is 5.34. The van der Waals surface area contributed by atoms with Crippen LogP contribution in [0.5, 0.6) is 11.5 Å². The number of likely N-dealkylation sites (tertiary alicyclic amines) is 1. The molecule has 1 amide bonds. The van der Waals surface area contributed by atoms with Crippen molar-refractivity contribution in [3.63, 3.8) is 0 Å². The quantitative estimate of drug-likeness (QED) is 0.367. The van der Waals surface area contributed by atoms with Gasteiger partial charge >= 0.3 is 0 Å². The predicted octanol–water partition coefficient (Wildman–Crippen LogP) is 3.47. The van der Waals surface area contributed by atoms with Crippen LogP contribution in [0.3, 0.4) is 0 Å². The minimum atomic E-state index is -0.732. The summed E-state index contributed by atoms with van der Waals surface area (Å²) in [5.41, 5.74) is 1.23.